The Bertz CT molecular complexity index is 767. The van der Waals surface area contributed by atoms with E-state index in [1.807, 2.05) is 24.3 Å². The van der Waals surface area contributed by atoms with Crippen molar-refractivity contribution in [1.29, 1.82) is 0 Å². The van der Waals surface area contributed by atoms with Crippen molar-refractivity contribution < 1.29 is 9.53 Å². The number of thiazole rings is 1. The number of ether oxygens (including phenoxy) is 1. The second kappa shape index (κ2) is 5.30. The van der Waals surface area contributed by atoms with Gasteiger partial charge in [0.15, 0.2) is 5.13 Å². The van der Waals surface area contributed by atoms with Crippen molar-refractivity contribution >= 4 is 38.9 Å². The summed E-state index contributed by atoms with van der Waals surface area (Å²) in [5.41, 5.74) is 0.939. The SMILES string of the molecule is COC(=O)c1cnc(Nc2ccc3ccccc3c2)s1. The molecule has 0 amide bonds. The lowest BCUT2D eigenvalue weighted by molar-refractivity contribution is 0.0606. The van der Waals surface area contributed by atoms with Crippen LogP contribution in [0.1, 0.15) is 9.67 Å². The number of benzene rings is 2. The van der Waals surface area contributed by atoms with E-state index in [4.69, 9.17) is 0 Å². The number of hydrogen-bond donors (Lipinski definition) is 1. The highest BCUT2D eigenvalue weighted by Crippen LogP contribution is 2.25. The zero-order chi connectivity index (χ0) is 13.9. The number of methoxy groups -OCH3 is 1. The molecule has 3 rings (SSSR count). The van der Waals surface area contributed by atoms with Crippen molar-refractivity contribution in [2.24, 2.45) is 0 Å². The molecule has 20 heavy (non-hydrogen) atoms. The summed E-state index contributed by atoms with van der Waals surface area (Å²) < 4.78 is 4.66. The van der Waals surface area contributed by atoms with Gasteiger partial charge in [0.2, 0.25) is 0 Å². The van der Waals surface area contributed by atoms with Gasteiger partial charge in [-0.2, -0.15) is 0 Å². The van der Waals surface area contributed by atoms with Crippen LogP contribution in [-0.4, -0.2) is 18.1 Å². The molecule has 0 bridgehead atoms. The number of aromatic nitrogens is 1. The van der Waals surface area contributed by atoms with Gasteiger partial charge in [0, 0.05) is 5.69 Å². The Morgan fingerprint density at radius 3 is 2.80 bits per heavy atom. The number of fused-ring (bicyclic) bond motifs is 1. The Morgan fingerprint density at radius 2 is 2.00 bits per heavy atom. The van der Waals surface area contributed by atoms with Gasteiger partial charge in [-0.25, -0.2) is 9.78 Å². The van der Waals surface area contributed by atoms with Crippen LogP contribution in [0.4, 0.5) is 10.8 Å². The Labute approximate surface area is 120 Å². The maximum absolute atomic E-state index is 11.4. The molecular weight excluding hydrogens is 272 g/mol. The summed E-state index contributed by atoms with van der Waals surface area (Å²) in [6, 6.07) is 14.2. The minimum absolute atomic E-state index is 0.367. The van der Waals surface area contributed by atoms with Gasteiger partial charge in [-0.05, 0) is 22.9 Å². The van der Waals surface area contributed by atoms with Crippen molar-refractivity contribution in [1.82, 2.24) is 4.98 Å². The molecule has 0 unspecified atom stereocenters. The molecule has 0 aliphatic heterocycles. The fourth-order valence-corrected chi connectivity index (χ4v) is 2.67. The summed E-state index contributed by atoms with van der Waals surface area (Å²) >= 11 is 1.27. The van der Waals surface area contributed by atoms with Crippen molar-refractivity contribution in [3.63, 3.8) is 0 Å². The average molecular weight is 284 g/mol. The molecule has 0 atom stereocenters. The Hall–Kier alpha value is -2.40. The first-order valence-electron chi connectivity index (χ1n) is 6.06. The molecule has 5 heteroatoms. The highest BCUT2D eigenvalue weighted by atomic mass is 32.1. The molecule has 0 spiro atoms. The first-order chi connectivity index (χ1) is 9.76. The van der Waals surface area contributed by atoms with Crippen LogP contribution < -0.4 is 5.32 Å². The van der Waals surface area contributed by atoms with Crippen molar-refractivity contribution in [3.8, 4) is 0 Å². The molecule has 1 heterocycles. The molecular formula is C15H12N2O2S. The predicted octanol–water partition coefficient (Wildman–Crippen LogP) is 3.83. The Kier molecular flexibility index (Phi) is 3.35. The van der Waals surface area contributed by atoms with E-state index in [1.165, 1.54) is 30.0 Å². The highest BCUT2D eigenvalue weighted by molar-refractivity contribution is 7.17. The lowest BCUT2D eigenvalue weighted by Gasteiger charge is -2.04. The molecule has 1 N–H and O–H groups in total. The third-order valence-electron chi connectivity index (χ3n) is 2.89. The van der Waals surface area contributed by atoms with Crippen LogP contribution in [0.25, 0.3) is 10.8 Å². The van der Waals surface area contributed by atoms with E-state index in [0.29, 0.717) is 10.0 Å². The molecule has 100 valence electrons. The predicted molar refractivity (Wildman–Crippen MR) is 80.7 cm³/mol. The monoisotopic (exact) mass is 284 g/mol. The van der Waals surface area contributed by atoms with Crippen LogP contribution in [0.5, 0.6) is 0 Å². The standard InChI is InChI=1S/C15H12N2O2S/c1-19-14(18)13-9-16-15(20-13)17-12-7-6-10-4-2-3-5-11(10)8-12/h2-9H,1H3,(H,16,17). The molecule has 3 aromatic rings. The van der Waals surface area contributed by atoms with E-state index < -0.39 is 0 Å². The third kappa shape index (κ3) is 2.48. The van der Waals surface area contributed by atoms with E-state index in [-0.39, 0.29) is 5.97 Å². The average Bonchev–Trinajstić information content (AvgIpc) is 2.95. The van der Waals surface area contributed by atoms with Crippen LogP contribution in [-0.2, 0) is 4.74 Å². The quantitative estimate of drug-likeness (QED) is 0.743. The lowest BCUT2D eigenvalue weighted by atomic mass is 10.1. The number of esters is 1. The van der Waals surface area contributed by atoms with Crippen LogP contribution in [0.3, 0.4) is 0 Å². The van der Waals surface area contributed by atoms with Crippen LogP contribution in [0.15, 0.2) is 48.7 Å². The van der Waals surface area contributed by atoms with Gasteiger partial charge in [0.05, 0.1) is 13.3 Å². The lowest BCUT2D eigenvalue weighted by Crippen LogP contribution is -1.96. The minimum atomic E-state index is -0.367. The van der Waals surface area contributed by atoms with E-state index in [2.05, 4.69) is 33.2 Å². The van der Waals surface area contributed by atoms with E-state index >= 15 is 0 Å². The zero-order valence-corrected chi connectivity index (χ0v) is 11.6. The maximum atomic E-state index is 11.4. The third-order valence-corrected chi connectivity index (χ3v) is 3.79. The van der Waals surface area contributed by atoms with E-state index in [1.54, 1.807) is 0 Å². The number of carbonyl (C=O) groups is 1. The minimum Gasteiger partial charge on any atom is -0.465 e. The number of rotatable bonds is 3. The van der Waals surface area contributed by atoms with Gasteiger partial charge in [-0.15, -0.1) is 0 Å². The van der Waals surface area contributed by atoms with Gasteiger partial charge in [0.1, 0.15) is 4.88 Å². The molecule has 0 saturated carbocycles. The summed E-state index contributed by atoms with van der Waals surface area (Å²) in [6.07, 6.45) is 1.51. The molecule has 0 saturated heterocycles. The first kappa shape index (κ1) is 12.6. The van der Waals surface area contributed by atoms with Gasteiger partial charge in [0.25, 0.3) is 0 Å². The van der Waals surface area contributed by atoms with Crippen LogP contribution >= 0.6 is 11.3 Å². The molecule has 2 aromatic carbocycles. The fourth-order valence-electron chi connectivity index (χ4n) is 1.92. The van der Waals surface area contributed by atoms with Gasteiger partial charge in [-0.1, -0.05) is 41.7 Å². The summed E-state index contributed by atoms with van der Waals surface area (Å²) in [5.74, 6) is -0.367. The van der Waals surface area contributed by atoms with Gasteiger partial charge in [-0.3, -0.25) is 0 Å². The summed E-state index contributed by atoms with van der Waals surface area (Å²) in [7, 11) is 1.36. The second-order valence-corrected chi connectivity index (χ2v) is 5.24. The smallest absolute Gasteiger partial charge is 0.349 e. The number of nitrogens with one attached hydrogen (secondary N) is 1. The molecule has 0 aliphatic rings. The highest BCUT2D eigenvalue weighted by Gasteiger charge is 2.10. The van der Waals surface area contributed by atoms with E-state index in [9.17, 15) is 4.79 Å². The van der Waals surface area contributed by atoms with E-state index in [0.717, 1.165) is 11.1 Å². The molecule has 0 radical (unpaired) electrons. The summed E-state index contributed by atoms with van der Waals surface area (Å²) in [5, 5.41) is 6.20. The normalized spacial score (nSPS) is 10.4. The first-order valence-corrected chi connectivity index (χ1v) is 6.88. The zero-order valence-electron chi connectivity index (χ0n) is 10.8. The maximum Gasteiger partial charge on any atom is 0.349 e. The Balaban J connectivity index is 1.85. The van der Waals surface area contributed by atoms with Crippen molar-refractivity contribution in [2.75, 3.05) is 12.4 Å². The van der Waals surface area contributed by atoms with Gasteiger partial charge >= 0.3 is 5.97 Å². The number of carbonyl (C=O) groups excluding carboxylic acids is 1. The molecule has 0 aliphatic carbocycles. The summed E-state index contributed by atoms with van der Waals surface area (Å²) in [4.78, 5) is 16.0. The molecule has 4 nitrogen and oxygen atoms in total. The second-order valence-electron chi connectivity index (χ2n) is 4.21. The molecule has 0 fully saturated rings. The van der Waals surface area contributed by atoms with Crippen molar-refractivity contribution in [2.45, 2.75) is 0 Å². The van der Waals surface area contributed by atoms with Crippen LogP contribution in [0.2, 0.25) is 0 Å². The summed E-state index contributed by atoms with van der Waals surface area (Å²) in [6.45, 7) is 0. The number of anilines is 2. The number of hydrogen-bond acceptors (Lipinski definition) is 5. The largest absolute Gasteiger partial charge is 0.465 e. The van der Waals surface area contributed by atoms with Crippen LogP contribution in [0, 0.1) is 0 Å². The van der Waals surface area contributed by atoms with Gasteiger partial charge < -0.3 is 10.1 Å². The molecule has 1 aromatic heterocycles. The van der Waals surface area contributed by atoms with Crippen molar-refractivity contribution in [3.05, 3.63) is 53.5 Å². The fraction of sp³-hybridized carbons (Fsp3) is 0.0667. The number of nitrogens with zero attached hydrogens (tertiary/aromatic N) is 1. The topological polar surface area (TPSA) is 51.2 Å². The Morgan fingerprint density at radius 1 is 1.20 bits per heavy atom.